The summed E-state index contributed by atoms with van der Waals surface area (Å²) in [6.07, 6.45) is 6.31. The number of rotatable bonds is 0. The molecule has 1 heteroatoms. The van der Waals surface area contributed by atoms with Crippen molar-refractivity contribution in [2.24, 2.45) is 0 Å². The number of allylic oxidation sites excluding steroid dienone is 1. The molecule has 0 bridgehead atoms. The van der Waals surface area contributed by atoms with Crippen LogP contribution in [0.15, 0.2) is 56.7 Å². The summed E-state index contributed by atoms with van der Waals surface area (Å²) >= 11 is 0. The molecule has 0 nitrogen and oxygen atoms in total. The standard InChI is InChI=1S/C9H7.2C2H4.Rh/c1-2-5-9-7-3-6-8(9)4-1;2*1-2;/h1-7H;2*1-2H2;. The van der Waals surface area contributed by atoms with Gasteiger partial charge in [-0.25, -0.2) is 0 Å². The van der Waals surface area contributed by atoms with E-state index in [4.69, 9.17) is 0 Å². The van der Waals surface area contributed by atoms with Crippen LogP contribution in [0.1, 0.15) is 11.1 Å². The van der Waals surface area contributed by atoms with E-state index in [1.54, 1.807) is 0 Å². The predicted molar refractivity (Wildman–Crippen MR) is 61.4 cm³/mol. The molecular weight excluding hydrogens is 259 g/mol. The molecule has 0 aromatic heterocycles. The van der Waals surface area contributed by atoms with Gasteiger partial charge >= 0.3 is 0 Å². The molecule has 0 N–H and O–H groups in total. The van der Waals surface area contributed by atoms with Crippen molar-refractivity contribution in [2.45, 2.75) is 0 Å². The minimum absolute atomic E-state index is 0. The van der Waals surface area contributed by atoms with Gasteiger partial charge in [0.15, 0.2) is 0 Å². The van der Waals surface area contributed by atoms with Gasteiger partial charge in [0.25, 0.3) is 0 Å². The Labute approximate surface area is 99.8 Å². The zero-order valence-electron chi connectivity index (χ0n) is 8.20. The number of hydrogen-bond acceptors (Lipinski definition) is 0. The van der Waals surface area contributed by atoms with Gasteiger partial charge in [-0.3, -0.25) is 0 Å². The minimum Gasteiger partial charge on any atom is -0.106 e. The molecule has 0 fully saturated rings. The quantitative estimate of drug-likeness (QED) is 0.497. The van der Waals surface area contributed by atoms with Gasteiger partial charge in [0.1, 0.15) is 0 Å². The molecule has 1 aliphatic rings. The van der Waals surface area contributed by atoms with Gasteiger partial charge in [0.2, 0.25) is 0 Å². The molecule has 1 aliphatic carbocycles. The normalized spacial score (nSPS) is 9.43. The van der Waals surface area contributed by atoms with E-state index in [1.165, 1.54) is 11.1 Å². The third kappa shape index (κ3) is 4.34. The molecular formula is C13H15Rh. The fourth-order valence-corrected chi connectivity index (χ4v) is 1.07. The Hall–Kier alpha value is -0.937. The van der Waals surface area contributed by atoms with Gasteiger partial charge in [-0.05, 0) is 11.1 Å². The van der Waals surface area contributed by atoms with Gasteiger partial charge < -0.3 is 0 Å². The molecule has 76 valence electrons. The minimum atomic E-state index is 0. The van der Waals surface area contributed by atoms with Crippen molar-refractivity contribution in [1.29, 1.82) is 0 Å². The van der Waals surface area contributed by atoms with Crippen LogP contribution < -0.4 is 0 Å². The molecule has 0 aliphatic heterocycles. The Morgan fingerprint density at radius 3 is 1.79 bits per heavy atom. The Bertz CT molecular complexity index is 274. The van der Waals surface area contributed by atoms with Crippen molar-refractivity contribution >= 4 is 6.08 Å². The molecule has 0 unspecified atom stereocenters. The monoisotopic (exact) mass is 274 g/mol. The molecule has 0 spiro atoms. The SMILES string of the molecule is C=C.C=C.[CH]1C=Cc2ccccc21.[Rh]. The fraction of sp³-hybridized carbons (Fsp3) is 0. The van der Waals surface area contributed by atoms with Crippen molar-refractivity contribution in [2.75, 3.05) is 0 Å². The first-order valence-electron chi connectivity index (χ1n) is 4.07. The summed E-state index contributed by atoms with van der Waals surface area (Å²) in [7, 11) is 0. The summed E-state index contributed by atoms with van der Waals surface area (Å²) in [6.45, 7) is 12.0. The van der Waals surface area contributed by atoms with E-state index in [1.807, 2.05) is 0 Å². The molecule has 0 heterocycles. The van der Waals surface area contributed by atoms with E-state index in [9.17, 15) is 0 Å². The number of hydrogen-bond donors (Lipinski definition) is 0. The van der Waals surface area contributed by atoms with Crippen LogP contribution in [0.2, 0.25) is 0 Å². The second-order valence-corrected chi connectivity index (χ2v) is 2.15. The number of benzene rings is 1. The maximum atomic E-state index is 3.00. The van der Waals surface area contributed by atoms with Crippen molar-refractivity contribution in [3.05, 3.63) is 74.2 Å². The van der Waals surface area contributed by atoms with Gasteiger partial charge in [0, 0.05) is 25.9 Å². The molecule has 14 heavy (non-hydrogen) atoms. The first-order valence-corrected chi connectivity index (χ1v) is 4.07. The average Bonchev–Trinajstić information content (AvgIpc) is 2.71. The zero-order chi connectivity index (χ0) is 10.1. The zero-order valence-corrected chi connectivity index (χ0v) is 9.84. The molecule has 0 saturated carbocycles. The van der Waals surface area contributed by atoms with E-state index in [0.29, 0.717) is 0 Å². The average molecular weight is 274 g/mol. The summed E-state index contributed by atoms with van der Waals surface area (Å²) in [5.74, 6) is 0. The van der Waals surface area contributed by atoms with Crippen molar-refractivity contribution in [1.82, 2.24) is 0 Å². The smallest absolute Gasteiger partial charge is 0.0131 e. The number of fused-ring (bicyclic) bond motifs is 1. The molecule has 0 atom stereocenters. The van der Waals surface area contributed by atoms with E-state index in [-0.39, 0.29) is 19.5 Å². The van der Waals surface area contributed by atoms with Crippen LogP contribution in [0, 0.1) is 6.42 Å². The first kappa shape index (κ1) is 15.5. The van der Waals surface area contributed by atoms with Gasteiger partial charge in [0.05, 0.1) is 0 Å². The van der Waals surface area contributed by atoms with E-state index in [0.717, 1.165) is 0 Å². The Morgan fingerprint density at radius 2 is 1.29 bits per heavy atom. The Morgan fingerprint density at radius 1 is 0.786 bits per heavy atom. The topological polar surface area (TPSA) is 0 Å². The van der Waals surface area contributed by atoms with Gasteiger partial charge in [-0.2, -0.15) is 0 Å². The molecule has 2 rings (SSSR count). The van der Waals surface area contributed by atoms with Crippen LogP contribution >= 0.6 is 0 Å². The van der Waals surface area contributed by atoms with E-state index in [2.05, 4.69) is 69.2 Å². The summed E-state index contributed by atoms with van der Waals surface area (Å²) in [5, 5.41) is 0. The van der Waals surface area contributed by atoms with Crippen LogP contribution in [0.3, 0.4) is 0 Å². The molecule has 2 radical (unpaired) electrons. The fourth-order valence-electron chi connectivity index (χ4n) is 1.07. The third-order valence-corrected chi connectivity index (χ3v) is 1.55. The molecule has 1 aromatic carbocycles. The van der Waals surface area contributed by atoms with E-state index < -0.39 is 0 Å². The Balaban J connectivity index is 0. The molecule has 0 saturated heterocycles. The second-order valence-electron chi connectivity index (χ2n) is 2.15. The van der Waals surface area contributed by atoms with Crippen LogP contribution in [0.25, 0.3) is 6.08 Å². The van der Waals surface area contributed by atoms with Gasteiger partial charge in [-0.1, -0.05) is 36.4 Å². The van der Waals surface area contributed by atoms with Crippen LogP contribution in [0.4, 0.5) is 0 Å². The second kappa shape index (κ2) is 10.1. The predicted octanol–water partition coefficient (Wildman–Crippen LogP) is 3.87. The van der Waals surface area contributed by atoms with Crippen molar-refractivity contribution in [3.8, 4) is 0 Å². The largest absolute Gasteiger partial charge is 0.106 e. The summed E-state index contributed by atoms with van der Waals surface area (Å²) in [6, 6.07) is 8.36. The summed E-state index contributed by atoms with van der Waals surface area (Å²) in [5.41, 5.74) is 2.66. The maximum Gasteiger partial charge on any atom is 0.0131 e. The van der Waals surface area contributed by atoms with Crippen LogP contribution in [-0.4, -0.2) is 0 Å². The van der Waals surface area contributed by atoms with Crippen LogP contribution in [0.5, 0.6) is 0 Å². The maximum absolute atomic E-state index is 3.00. The third-order valence-electron chi connectivity index (χ3n) is 1.55. The van der Waals surface area contributed by atoms with Crippen molar-refractivity contribution in [3.63, 3.8) is 0 Å². The first-order chi connectivity index (χ1) is 6.47. The van der Waals surface area contributed by atoms with Gasteiger partial charge in [-0.15, -0.1) is 26.3 Å². The van der Waals surface area contributed by atoms with Crippen molar-refractivity contribution < 1.29 is 19.5 Å². The molecule has 0 amide bonds. The summed E-state index contributed by atoms with van der Waals surface area (Å²) in [4.78, 5) is 0. The van der Waals surface area contributed by atoms with E-state index >= 15 is 0 Å². The Kier molecular flexibility index (Phi) is 11.3. The van der Waals surface area contributed by atoms with Crippen LogP contribution in [-0.2, 0) is 19.5 Å². The molecule has 1 aromatic rings. The summed E-state index contributed by atoms with van der Waals surface area (Å²) < 4.78 is 0.